The summed E-state index contributed by atoms with van der Waals surface area (Å²) in [4.78, 5) is 22.7. The Hall–Kier alpha value is -1.30. The van der Waals surface area contributed by atoms with Gasteiger partial charge in [-0.25, -0.2) is 9.59 Å². The van der Waals surface area contributed by atoms with Crippen LogP contribution in [0.3, 0.4) is 0 Å². The number of nitrogens with one attached hydrogen (secondary N) is 2. The molecule has 6 heteroatoms. The molecule has 0 aromatic heterocycles. The lowest BCUT2D eigenvalue weighted by atomic mass is 9.99. The van der Waals surface area contributed by atoms with Gasteiger partial charge in [0.1, 0.15) is 6.04 Å². The van der Waals surface area contributed by atoms with Crippen LogP contribution < -0.4 is 10.6 Å². The molecule has 0 saturated heterocycles. The highest BCUT2D eigenvalue weighted by molar-refractivity contribution is 5.82. The highest BCUT2D eigenvalue weighted by Crippen LogP contribution is 2.20. The second-order valence-corrected chi connectivity index (χ2v) is 5.38. The van der Waals surface area contributed by atoms with E-state index in [0.29, 0.717) is 25.7 Å². The van der Waals surface area contributed by atoms with Crippen LogP contribution in [-0.2, 0) is 9.53 Å². The lowest BCUT2D eigenvalue weighted by molar-refractivity contribution is -0.140. The van der Waals surface area contributed by atoms with Crippen LogP contribution in [0.1, 0.15) is 46.0 Å². The van der Waals surface area contributed by atoms with Crippen molar-refractivity contribution in [2.24, 2.45) is 5.92 Å². The fraction of sp³-hybridized carbons (Fsp3) is 0.857. The summed E-state index contributed by atoms with van der Waals surface area (Å²) in [6, 6.07) is -1.30. The molecule has 0 radical (unpaired) electrons. The number of rotatable bonds is 8. The maximum atomic E-state index is 11.6. The van der Waals surface area contributed by atoms with Crippen LogP contribution in [0.4, 0.5) is 4.79 Å². The lowest BCUT2D eigenvalue weighted by Crippen LogP contribution is -2.49. The Morgan fingerprint density at radius 3 is 2.55 bits per heavy atom. The first kappa shape index (κ1) is 16.8. The summed E-state index contributed by atoms with van der Waals surface area (Å²) in [7, 11) is 0. The highest BCUT2D eigenvalue weighted by Gasteiger charge is 2.25. The van der Waals surface area contributed by atoms with Crippen molar-refractivity contribution >= 4 is 12.0 Å². The summed E-state index contributed by atoms with van der Waals surface area (Å²) in [6.45, 7) is 4.58. The van der Waals surface area contributed by atoms with Gasteiger partial charge in [-0.2, -0.15) is 0 Å². The van der Waals surface area contributed by atoms with E-state index >= 15 is 0 Å². The van der Waals surface area contributed by atoms with Gasteiger partial charge in [-0.15, -0.1) is 0 Å². The number of carboxylic acids is 1. The SMILES string of the molecule is CCC(C)C(NC(=O)NCCOC1CCCC1)C(=O)O. The molecule has 2 atom stereocenters. The van der Waals surface area contributed by atoms with Crippen molar-refractivity contribution < 1.29 is 19.4 Å². The standard InChI is InChI=1S/C14H26N2O4/c1-3-10(2)12(13(17)18)16-14(19)15-8-9-20-11-6-4-5-7-11/h10-12H,3-9H2,1-2H3,(H,17,18)(H2,15,16,19). The zero-order chi connectivity index (χ0) is 15.0. The molecular formula is C14H26N2O4. The Kier molecular flexibility index (Phi) is 7.36. The van der Waals surface area contributed by atoms with E-state index in [1.165, 1.54) is 12.8 Å². The van der Waals surface area contributed by atoms with Crippen LogP contribution in [0.25, 0.3) is 0 Å². The van der Waals surface area contributed by atoms with E-state index in [-0.39, 0.29) is 5.92 Å². The predicted molar refractivity (Wildman–Crippen MR) is 75.6 cm³/mol. The lowest BCUT2D eigenvalue weighted by Gasteiger charge is -2.20. The number of hydrogen-bond donors (Lipinski definition) is 3. The van der Waals surface area contributed by atoms with Crippen LogP contribution >= 0.6 is 0 Å². The van der Waals surface area contributed by atoms with Gasteiger partial charge in [-0.1, -0.05) is 33.1 Å². The maximum Gasteiger partial charge on any atom is 0.326 e. The molecule has 1 fully saturated rings. The Balaban J connectivity index is 2.18. The summed E-state index contributed by atoms with van der Waals surface area (Å²) in [5.41, 5.74) is 0. The molecule has 0 bridgehead atoms. The van der Waals surface area contributed by atoms with Gasteiger partial charge in [0.05, 0.1) is 12.7 Å². The van der Waals surface area contributed by atoms with Gasteiger partial charge >= 0.3 is 12.0 Å². The number of carbonyl (C=O) groups excluding carboxylic acids is 1. The van der Waals surface area contributed by atoms with Crippen molar-refractivity contribution in [3.8, 4) is 0 Å². The predicted octanol–water partition coefficient (Wildman–Crippen LogP) is 1.74. The van der Waals surface area contributed by atoms with Crippen LogP contribution in [0.15, 0.2) is 0 Å². The van der Waals surface area contributed by atoms with Gasteiger partial charge in [0.25, 0.3) is 0 Å². The van der Waals surface area contributed by atoms with Gasteiger partial charge < -0.3 is 20.5 Å². The first-order chi connectivity index (χ1) is 9.54. The van der Waals surface area contributed by atoms with Crippen LogP contribution in [0, 0.1) is 5.92 Å². The van der Waals surface area contributed by atoms with E-state index in [9.17, 15) is 9.59 Å². The number of carboxylic acid groups (broad SMARTS) is 1. The summed E-state index contributed by atoms with van der Waals surface area (Å²) in [6.07, 6.45) is 5.65. The molecule has 0 aromatic carbocycles. The van der Waals surface area contributed by atoms with Crippen molar-refractivity contribution in [2.75, 3.05) is 13.2 Å². The normalized spacial score (nSPS) is 18.5. The minimum Gasteiger partial charge on any atom is -0.480 e. The first-order valence-electron chi connectivity index (χ1n) is 7.43. The van der Waals surface area contributed by atoms with Crippen molar-refractivity contribution in [2.45, 2.75) is 58.1 Å². The zero-order valence-electron chi connectivity index (χ0n) is 12.4. The quantitative estimate of drug-likeness (QED) is 0.593. The van der Waals surface area contributed by atoms with Crippen LogP contribution in [0.5, 0.6) is 0 Å². The molecule has 6 nitrogen and oxygen atoms in total. The molecule has 0 aromatic rings. The zero-order valence-corrected chi connectivity index (χ0v) is 12.4. The second-order valence-electron chi connectivity index (χ2n) is 5.38. The topological polar surface area (TPSA) is 87.7 Å². The molecule has 1 saturated carbocycles. The summed E-state index contributed by atoms with van der Waals surface area (Å²) >= 11 is 0. The third kappa shape index (κ3) is 5.77. The number of aliphatic carboxylic acids is 1. The minimum absolute atomic E-state index is 0.104. The summed E-state index contributed by atoms with van der Waals surface area (Å²) in [5, 5.41) is 14.2. The van der Waals surface area contributed by atoms with Crippen LogP contribution in [-0.4, -0.2) is 42.4 Å². The molecule has 2 amide bonds. The van der Waals surface area contributed by atoms with Gasteiger partial charge in [0, 0.05) is 6.54 Å². The van der Waals surface area contributed by atoms with Crippen molar-refractivity contribution in [1.29, 1.82) is 0 Å². The second kappa shape index (κ2) is 8.79. The average molecular weight is 286 g/mol. The Morgan fingerprint density at radius 1 is 1.35 bits per heavy atom. The van der Waals surface area contributed by atoms with Gasteiger partial charge in [0.2, 0.25) is 0 Å². The highest BCUT2D eigenvalue weighted by atomic mass is 16.5. The average Bonchev–Trinajstić information content (AvgIpc) is 2.93. The summed E-state index contributed by atoms with van der Waals surface area (Å²) in [5.74, 6) is -1.11. The fourth-order valence-corrected chi connectivity index (χ4v) is 2.32. The molecule has 1 rings (SSSR count). The van der Waals surface area contributed by atoms with Gasteiger partial charge in [-0.3, -0.25) is 0 Å². The van der Waals surface area contributed by atoms with E-state index in [1.807, 2.05) is 13.8 Å². The van der Waals surface area contributed by atoms with E-state index in [4.69, 9.17) is 9.84 Å². The molecule has 0 spiro atoms. The number of ether oxygens (including phenoxy) is 1. The Morgan fingerprint density at radius 2 is 2.00 bits per heavy atom. The summed E-state index contributed by atoms with van der Waals surface area (Å²) < 4.78 is 5.62. The van der Waals surface area contributed by atoms with Crippen LogP contribution in [0.2, 0.25) is 0 Å². The van der Waals surface area contributed by atoms with E-state index in [0.717, 1.165) is 12.8 Å². The smallest absolute Gasteiger partial charge is 0.326 e. The van der Waals surface area contributed by atoms with E-state index in [2.05, 4.69) is 10.6 Å². The van der Waals surface area contributed by atoms with Crippen molar-refractivity contribution in [3.05, 3.63) is 0 Å². The molecule has 2 unspecified atom stereocenters. The number of amides is 2. The molecule has 1 aliphatic rings. The molecule has 0 heterocycles. The number of hydrogen-bond acceptors (Lipinski definition) is 3. The molecular weight excluding hydrogens is 260 g/mol. The maximum absolute atomic E-state index is 11.6. The van der Waals surface area contributed by atoms with Gasteiger partial charge in [0.15, 0.2) is 0 Å². The molecule has 20 heavy (non-hydrogen) atoms. The molecule has 3 N–H and O–H groups in total. The van der Waals surface area contributed by atoms with E-state index < -0.39 is 18.0 Å². The number of urea groups is 1. The van der Waals surface area contributed by atoms with Crippen molar-refractivity contribution in [1.82, 2.24) is 10.6 Å². The van der Waals surface area contributed by atoms with Crippen molar-refractivity contribution in [3.63, 3.8) is 0 Å². The Labute approximate surface area is 120 Å². The number of carbonyl (C=O) groups is 2. The third-order valence-corrected chi connectivity index (χ3v) is 3.81. The Bertz CT molecular complexity index is 316. The molecule has 116 valence electrons. The fourth-order valence-electron chi connectivity index (χ4n) is 2.32. The molecule has 1 aliphatic carbocycles. The van der Waals surface area contributed by atoms with E-state index in [1.54, 1.807) is 0 Å². The molecule has 0 aliphatic heterocycles. The monoisotopic (exact) mass is 286 g/mol. The third-order valence-electron chi connectivity index (χ3n) is 3.81. The van der Waals surface area contributed by atoms with Gasteiger partial charge in [-0.05, 0) is 18.8 Å². The largest absolute Gasteiger partial charge is 0.480 e. The first-order valence-corrected chi connectivity index (χ1v) is 7.43. The minimum atomic E-state index is -1.00.